The first-order chi connectivity index (χ1) is 15.5. The lowest BCUT2D eigenvalue weighted by Gasteiger charge is -2.09. The number of aryl methyl sites for hydroxylation is 1. The van der Waals surface area contributed by atoms with Gasteiger partial charge in [0.15, 0.2) is 5.43 Å². The second-order valence-electron chi connectivity index (χ2n) is 7.37. The van der Waals surface area contributed by atoms with Crippen LogP contribution in [-0.2, 0) is 4.79 Å². The van der Waals surface area contributed by atoms with Crippen LogP contribution in [-0.4, -0.2) is 19.6 Å². The predicted molar refractivity (Wildman–Crippen MR) is 124 cm³/mol. The molecular weight excluding hydrogens is 406 g/mol. The molecule has 0 aliphatic rings. The Labute approximate surface area is 185 Å². The highest BCUT2D eigenvalue weighted by molar-refractivity contribution is 5.91. The molecule has 162 valence electrons. The fourth-order valence-electron chi connectivity index (χ4n) is 3.24. The van der Waals surface area contributed by atoms with Crippen molar-refractivity contribution >= 4 is 22.6 Å². The molecule has 1 heterocycles. The number of anilines is 1. The Morgan fingerprint density at radius 1 is 0.938 bits per heavy atom. The van der Waals surface area contributed by atoms with Crippen molar-refractivity contribution in [2.24, 2.45) is 0 Å². The second-order valence-corrected chi connectivity index (χ2v) is 7.37. The number of benzene rings is 3. The van der Waals surface area contributed by atoms with Gasteiger partial charge in [-0.25, -0.2) is 0 Å². The highest BCUT2D eigenvalue weighted by Crippen LogP contribution is 2.25. The molecule has 0 spiro atoms. The predicted octanol–water partition coefficient (Wildman–Crippen LogP) is 5.18. The van der Waals surface area contributed by atoms with Crippen LogP contribution in [0.3, 0.4) is 0 Å². The summed E-state index contributed by atoms with van der Waals surface area (Å²) in [6.45, 7) is 2.30. The summed E-state index contributed by atoms with van der Waals surface area (Å²) in [5.74, 6) is 1.65. The molecule has 0 radical (unpaired) electrons. The normalized spacial score (nSPS) is 10.7. The van der Waals surface area contributed by atoms with Crippen LogP contribution >= 0.6 is 0 Å². The Balaban J connectivity index is 1.39. The summed E-state index contributed by atoms with van der Waals surface area (Å²) in [5.41, 5.74) is 2.88. The molecule has 0 saturated carbocycles. The van der Waals surface area contributed by atoms with Crippen molar-refractivity contribution in [3.63, 3.8) is 0 Å². The zero-order valence-electron chi connectivity index (χ0n) is 17.9. The summed E-state index contributed by atoms with van der Waals surface area (Å²) in [6, 6.07) is 21.4. The molecule has 6 nitrogen and oxygen atoms in total. The van der Waals surface area contributed by atoms with Crippen LogP contribution in [0.25, 0.3) is 22.3 Å². The molecule has 0 aliphatic heterocycles. The van der Waals surface area contributed by atoms with E-state index in [0.29, 0.717) is 34.8 Å². The van der Waals surface area contributed by atoms with Crippen LogP contribution in [0, 0.1) is 6.92 Å². The number of ether oxygens (including phenoxy) is 2. The number of nitrogens with one attached hydrogen (secondary N) is 1. The van der Waals surface area contributed by atoms with E-state index in [0.717, 1.165) is 16.9 Å². The van der Waals surface area contributed by atoms with Crippen molar-refractivity contribution in [3.8, 4) is 22.8 Å². The van der Waals surface area contributed by atoms with Crippen LogP contribution in [0.1, 0.15) is 12.0 Å². The highest BCUT2D eigenvalue weighted by Gasteiger charge is 2.09. The Morgan fingerprint density at radius 2 is 1.66 bits per heavy atom. The Kier molecular flexibility index (Phi) is 6.22. The molecule has 0 saturated heterocycles. The van der Waals surface area contributed by atoms with Crippen LogP contribution in [0.4, 0.5) is 5.69 Å². The second kappa shape index (κ2) is 9.39. The van der Waals surface area contributed by atoms with Gasteiger partial charge in [0.05, 0.1) is 25.5 Å². The van der Waals surface area contributed by atoms with Gasteiger partial charge in [-0.05, 0) is 61.5 Å². The van der Waals surface area contributed by atoms with Gasteiger partial charge in [-0.2, -0.15) is 0 Å². The van der Waals surface area contributed by atoms with Gasteiger partial charge in [0.1, 0.15) is 22.8 Å². The van der Waals surface area contributed by atoms with Crippen molar-refractivity contribution in [1.29, 1.82) is 0 Å². The van der Waals surface area contributed by atoms with Crippen molar-refractivity contribution in [3.05, 3.63) is 88.6 Å². The molecule has 3 aromatic carbocycles. The molecular formula is C26H23NO5. The molecule has 1 aromatic heterocycles. The zero-order chi connectivity index (χ0) is 22.5. The molecule has 4 rings (SSSR count). The van der Waals surface area contributed by atoms with E-state index in [4.69, 9.17) is 13.9 Å². The van der Waals surface area contributed by atoms with Crippen LogP contribution in [0.2, 0.25) is 0 Å². The molecule has 0 bridgehead atoms. The van der Waals surface area contributed by atoms with Gasteiger partial charge in [-0.1, -0.05) is 17.7 Å². The quantitative estimate of drug-likeness (QED) is 0.438. The van der Waals surface area contributed by atoms with Crippen molar-refractivity contribution in [2.75, 3.05) is 19.0 Å². The van der Waals surface area contributed by atoms with Gasteiger partial charge in [-0.15, -0.1) is 0 Å². The third-order valence-electron chi connectivity index (χ3n) is 5.01. The molecule has 32 heavy (non-hydrogen) atoms. The largest absolute Gasteiger partial charge is 0.497 e. The Morgan fingerprint density at radius 3 is 2.38 bits per heavy atom. The average molecular weight is 429 g/mol. The fourth-order valence-corrected chi connectivity index (χ4v) is 3.24. The van der Waals surface area contributed by atoms with Gasteiger partial charge in [0.25, 0.3) is 0 Å². The maximum atomic E-state index is 12.5. The molecule has 0 fully saturated rings. The summed E-state index contributed by atoms with van der Waals surface area (Å²) < 4.78 is 16.7. The lowest BCUT2D eigenvalue weighted by molar-refractivity contribution is -0.116. The summed E-state index contributed by atoms with van der Waals surface area (Å²) in [7, 11) is 1.55. The van der Waals surface area contributed by atoms with E-state index in [1.165, 1.54) is 6.07 Å². The number of methoxy groups -OCH3 is 1. The number of rotatable bonds is 7. The SMILES string of the molecule is COc1ccc2oc(-c3ccc(NC(=O)CCOc4ccc(C)cc4)cc3)cc(=O)c2c1. The minimum atomic E-state index is -0.147. The summed E-state index contributed by atoms with van der Waals surface area (Å²) in [5, 5.41) is 3.31. The minimum absolute atomic E-state index is 0.143. The number of hydrogen-bond donors (Lipinski definition) is 1. The first-order valence-corrected chi connectivity index (χ1v) is 10.2. The van der Waals surface area contributed by atoms with Crippen molar-refractivity contribution in [1.82, 2.24) is 0 Å². The topological polar surface area (TPSA) is 77.8 Å². The first kappa shape index (κ1) is 21.2. The maximum absolute atomic E-state index is 12.5. The standard InChI is InChI=1S/C26H23NO5/c1-17-3-9-20(10-4-17)31-14-13-26(29)27-19-7-5-18(6-8-19)25-16-23(28)22-15-21(30-2)11-12-24(22)32-25/h3-12,15-16H,13-14H2,1-2H3,(H,27,29). The van der Waals surface area contributed by atoms with Gasteiger partial charge in [0, 0.05) is 17.3 Å². The average Bonchev–Trinajstić information content (AvgIpc) is 2.80. The highest BCUT2D eigenvalue weighted by atomic mass is 16.5. The molecule has 1 amide bonds. The molecule has 0 aliphatic carbocycles. The van der Waals surface area contributed by atoms with E-state index in [9.17, 15) is 9.59 Å². The fraction of sp³-hybridized carbons (Fsp3) is 0.154. The Bertz CT molecular complexity index is 1290. The number of carbonyl (C=O) groups excluding carboxylic acids is 1. The third-order valence-corrected chi connectivity index (χ3v) is 5.01. The molecule has 0 unspecified atom stereocenters. The van der Waals surface area contributed by atoms with Gasteiger partial charge < -0.3 is 19.2 Å². The van der Waals surface area contributed by atoms with E-state index in [1.807, 2.05) is 31.2 Å². The smallest absolute Gasteiger partial charge is 0.227 e. The molecule has 4 aromatic rings. The van der Waals surface area contributed by atoms with Crippen molar-refractivity contribution in [2.45, 2.75) is 13.3 Å². The summed E-state index contributed by atoms with van der Waals surface area (Å²) in [4.78, 5) is 24.7. The molecule has 1 N–H and O–H groups in total. The lowest BCUT2D eigenvalue weighted by Crippen LogP contribution is -2.15. The summed E-state index contributed by atoms with van der Waals surface area (Å²) in [6.07, 6.45) is 0.235. The number of fused-ring (bicyclic) bond motifs is 1. The number of carbonyl (C=O) groups is 1. The van der Waals surface area contributed by atoms with E-state index in [1.54, 1.807) is 49.6 Å². The minimum Gasteiger partial charge on any atom is -0.497 e. The zero-order valence-corrected chi connectivity index (χ0v) is 17.9. The Hall–Kier alpha value is -4.06. The van der Waals surface area contributed by atoms with Gasteiger partial charge in [0.2, 0.25) is 5.91 Å². The molecule has 0 atom stereocenters. The van der Waals surface area contributed by atoms with E-state index in [-0.39, 0.29) is 17.8 Å². The van der Waals surface area contributed by atoms with Crippen LogP contribution in [0.15, 0.2) is 82.0 Å². The van der Waals surface area contributed by atoms with Crippen LogP contribution < -0.4 is 20.2 Å². The van der Waals surface area contributed by atoms with E-state index in [2.05, 4.69) is 5.32 Å². The van der Waals surface area contributed by atoms with Crippen LogP contribution in [0.5, 0.6) is 11.5 Å². The monoisotopic (exact) mass is 429 g/mol. The number of amides is 1. The van der Waals surface area contributed by atoms with Gasteiger partial charge >= 0.3 is 0 Å². The lowest BCUT2D eigenvalue weighted by atomic mass is 10.1. The first-order valence-electron chi connectivity index (χ1n) is 10.2. The van der Waals surface area contributed by atoms with E-state index >= 15 is 0 Å². The summed E-state index contributed by atoms with van der Waals surface area (Å²) >= 11 is 0. The number of hydrogen-bond acceptors (Lipinski definition) is 5. The molecule has 6 heteroatoms. The van der Waals surface area contributed by atoms with Crippen molar-refractivity contribution < 1.29 is 18.7 Å². The third kappa shape index (κ3) is 4.98. The van der Waals surface area contributed by atoms with E-state index < -0.39 is 0 Å². The maximum Gasteiger partial charge on any atom is 0.227 e. The van der Waals surface area contributed by atoms with Gasteiger partial charge in [-0.3, -0.25) is 9.59 Å².